The van der Waals surface area contributed by atoms with Gasteiger partial charge in [0.2, 0.25) is 0 Å². The highest BCUT2D eigenvalue weighted by Gasteiger charge is 2.28. The Bertz CT molecular complexity index is 538. The van der Waals surface area contributed by atoms with Crippen molar-refractivity contribution in [3.63, 3.8) is 0 Å². The smallest absolute Gasteiger partial charge is 0.323 e. The fourth-order valence-electron chi connectivity index (χ4n) is 3.11. The molecule has 0 spiro atoms. The van der Waals surface area contributed by atoms with E-state index in [1.165, 1.54) is 6.33 Å². The van der Waals surface area contributed by atoms with E-state index in [0.29, 0.717) is 24.1 Å². The van der Waals surface area contributed by atoms with Crippen LogP contribution < -0.4 is 10.2 Å². The van der Waals surface area contributed by atoms with Gasteiger partial charge in [0.1, 0.15) is 24.5 Å². The highest BCUT2D eigenvalue weighted by Crippen LogP contribution is 2.24. The summed E-state index contributed by atoms with van der Waals surface area (Å²) in [5, 5.41) is 12.5. The second-order valence-electron chi connectivity index (χ2n) is 6.55. The Morgan fingerprint density at radius 1 is 1.50 bits per heavy atom. The first-order valence-corrected chi connectivity index (χ1v) is 8.68. The highest BCUT2D eigenvalue weighted by molar-refractivity contribution is 5.73. The zero-order valence-corrected chi connectivity index (χ0v) is 14.7. The van der Waals surface area contributed by atoms with Gasteiger partial charge in [-0.25, -0.2) is 9.97 Å². The van der Waals surface area contributed by atoms with Crippen LogP contribution in [0.3, 0.4) is 0 Å². The van der Waals surface area contributed by atoms with Crippen LogP contribution in [-0.4, -0.2) is 52.9 Å². The minimum Gasteiger partial charge on any atom is -0.480 e. The summed E-state index contributed by atoms with van der Waals surface area (Å²) < 4.78 is 5.90. The zero-order valence-electron chi connectivity index (χ0n) is 14.7. The van der Waals surface area contributed by atoms with Crippen molar-refractivity contribution in [1.29, 1.82) is 0 Å². The number of rotatable bonds is 8. The third kappa shape index (κ3) is 5.06. The van der Waals surface area contributed by atoms with E-state index >= 15 is 0 Å². The van der Waals surface area contributed by atoms with Gasteiger partial charge in [0.15, 0.2) is 0 Å². The lowest BCUT2D eigenvalue weighted by Gasteiger charge is -2.35. The predicted molar refractivity (Wildman–Crippen MR) is 93.4 cm³/mol. The molecule has 0 aliphatic carbocycles. The summed E-state index contributed by atoms with van der Waals surface area (Å²) in [5.41, 5.74) is 0. The maximum atomic E-state index is 11.1. The minimum absolute atomic E-state index is 0.0640. The normalized spacial score (nSPS) is 20.8. The molecule has 1 aromatic heterocycles. The van der Waals surface area contributed by atoms with E-state index in [4.69, 9.17) is 9.84 Å². The quantitative estimate of drug-likeness (QED) is 0.753. The average molecular weight is 336 g/mol. The molecule has 0 radical (unpaired) electrons. The number of carboxylic acids is 1. The molecule has 2 heterocycles. The summed E-state index contributed by atoms with van der Waals surface area (Å²) in [6, 6.07) is 2.03. The first kappa shape index (κ1) is 18.4. The lowest BCUT2D eigenvalue weighted by Crippen LogP contribution is -2.43. The largest absolute Gasteiger partial charge is 0.480 e. The Labute approximate surface area is 143 Å². The molecule has 2 atom stereocenters. The molecule has 0 aromatic carbocycles. The standard InChI is InChI=1S/C17H28N4O3/c1-4-7-21(10-16(22)23)15-9-14(18-11-19-15)20-13-6-5-8-24-17(13)12(2)3/h9,11-13,17H,4-8,10H2,1-3H3,(H,22,23)(H,18,19,20). The summed E-state index contributed by atoms with van der Waals surface area (Å²) in [6.45, 7) is 7.72. The SMILES string of the molecule is CCCN(CC(=O)O)c1cc(NC2CCCOC2C(C)C)ncn1. The molecule has 7 nitrogen and oxygen atoms in total. The molecule has 0 amide bonds. The number of ether oxygens (including phenoxy) is 1. The fraction of sp³-hybridized carbons (Fsp3) is 0.706. The van der Waals surface area contributed by atoms with Gasteiger partial charge in [-0.3, -0.25) is 4.79 Å². The van der Waals surface area contributed by atoms with Gasteiger partial charge in [0, 0.05) is 19.2 Å². The zero-order chi connectivity index (χ0) is 17.5. The van der Waals surface area contributed by atoms with E-state index in [9.17, 15) is 4.79 Å². The number of carbonyl (C=O) groups is 1. The number of hydrogen-bond acceptors (Lipinski definition) is 6. The Morgan fingerprint density at radius 3 is 2.96 bits per heavy atom. The third-order valence-electron chi connectivity index (χ3n) is 4.15. The van der Waals surface area contributed by atoms with Crippen LogP contribution in [-0.2, 0) is 9.53 Å². The van der Waals surface area contributed by atoms with Crippen molar-refractivity contribution in [3.05, 3.63) is 12.4 Å². The molecule has 2 unspecified atom stereocenters. The maximum absolute atomic E-state index is 11.1. The number of anilines is 2. The van der Waals surface area contributed by atoms with E-state index in [-0.39, 0.29) is 18.7 Å². The number of nitrogens with one attached hydrogen (secondary N) is 1. The van der Waals surface area contributed by atoms with Crippen molar-refractivity contribution >= 4 is 17.6 Å². The van der Waals surface area contributed by atoms with Crippen LogP contribution in [0.4, 0.5) is 11.6 Å². The first-order valence-electron chi connectivity index (χ1n) is 8.68. The van der Waals surface area contributed by atoms with E-state index < -0.39 is 5.97 Å². The number of carboxylic acid groups (broad SMARTS) is 1. The first-order chi connectivity index (χ1) is 11.5. The topological polar surface area (TPSA) is 87.6 Å². The van der Waals surface area contributed by atoms with Crippen molar-refractivity contribution in [2.24, 2.45) is 5.92 Å². The van der Waals surface area contributed by atoms with E-state index in [2.05, 4.69) is 29.1 Å². The van der Waals surface area contributed by atoms with E-state index in [1.807, 2.05) is 13.0 Å². The number of aliphatic carboxylic acids is 1. The van der Waals surface area contributed by atoms with Gasteiger partial charge in [-0.1, -0.05) is 20.8 Å². The van der Waals surface area contributed by atoms with Gasteiger partial charge in [-0.2, -0.15) is 0 Å². The molecule has 0 saturated carbocycles. The Morgan fingerprint density at radius 2 is 2.29 bits per heavy atom. The van der Waals surface area contributed by atoms with Crippen molar-refractivity contribution in [2.75, 3.05) is 29.9 Å². The molecular weight excluding hydrogens is 308 g/mol. The molecule has 134 valence electrons. The van der Waals surface area contributed by atoms with Crippen LogP contribution in [0, 0.1) is 5.92 Å². The molecule has 2 rings (SSSR count). The lowest BCUT2D eigenvalue weighted by atomic mass is 9.94. The molecule has 1 aliphatic heterocycles. The van der Waals surface area contributed by atoms with Crippen molar-refractivity contribution in [2.45, 2.75) is 52.2 Å². The Hall–Kier alpha value is -1.89. The van der Waals surface area contributed by atoms with Crippen molar-refractivity contribution < 1.29 is 14.6 Å². The molecule has 0 bridgehead atoms. The molecule has 24 heavy (non-hydrogen) atoms. The second-order valence-corrected chi connectivity index (χ2v) is 6.55. The van der Waals surface area contributed by atoms with Crippen LogP contribution in [0.5, 0.6) is 0 Å². The van der Waals surface area contributed by atoms with Crippen LogP contribution in [0.25, 0.3) is 0 Å². The molecule has 1 aromatic rings. The molecular formula is C17H28N4O3. The van der Waals surface area contributed by atoms with Crippen molar-refractivity contribution in [3.8, 4) is 0 Å². The van der Waals surface area contributed by atoms with Gasteiger partial charge in [0.25, 0.3) is 0 Å². The summed E-state index contributed by atoms with van der Waals surface area (Å²) in [4.78, 5) is 21.4. The third-order valence-corrected chi connectivity index (χ3v) is 4.15. The Kier molecular flexibility index (Phi) is 6.78. The minimum atomic E-state index is -0.864. The molecule has 1 saturated heterocycles. The Balaban J connectivity index is 2.12. The molecule has 1 aliphatic rings. The second kappa shape index (κ2) is 8.82. The summed E-state index contributed by atoms with van der Waals surface area (Å²) in [6.07, 6.45) is 4.56. The van der Waals surface area contributed by atoms with Crippen LogP contribution in [0.1, 0.15) is 40.0 Å². The lowest BCUT2D eigenvalue weighted by molar-refractivity contribution is -0.135. The summed E-state index contributed by atoms with van der Waals surface area (Å²) in [7, 11) is 0. The van der Waals surface area contributed by atoms with Gasteiger partial charge >= 0.3 is 5.97 Å². The van der Waals surface area contributed by atoms with Crippen LogP contribution in [0.15, 0.2) is 12.4 Å². The van der Waals surface area contributed by atoms with E-state index in [0.717, 1.165) is 25.9 Å². The molecule has 1 fully saturated rings. The van der Waals surface area contributed by atoms with Crippen LogP contribution >= 0.6 is 0 Å². The predicted octanol–water partition coefficient (Wildman–Crippen LogP) is 2.39. The molecule has 7 heteroatoms. The fourth-order valence-corrected chi connectivity index (χ4v) is 3.11. The summed E-state index contributed by atoms with van der Waals surface area (Å²) in [5.74, 6) is 0.909. The van der Waals surface area contributed by atoms with Gasteiger partial charge in [-0.15, -0.1) is 0 Å². The van der Waals surface area contributed by atoms with E-state index in [1.54, 1.807) is 4.90 Å². The molecule has 2 N–H and O–H groups in total. The van der Waals surface area contributed by atoms with Gasteiger partial charge in [-0.05, 0) is 25.2 Å². The van der Waals surface area contributed by atoms with Gasteiger partial charge < -0.3 is 20.1 Å². The maximum Gasteiger partial charge on any atom is 0.323 e. The number of nitrogens with zero attached hydrogens (tertiary/aromatic N) is 3. The highest BCUT2D eigenvalue weighted by atomic mass is 16.5. The van der Waals surface area contributed by atoms with Crippen LogP contribution in [0.2, 0.25) is 0 Å². The number of aromatic nitrogens is 2. The van der Waals surface area contributed by atoms with Gasteiger partial charge in [0.05, 0.1) is 12.1 Å². The monoisotopic (exact) mass is 336 g/mol. The van der Waals surface area contributed by atoms with Crippen molar-refractivity contribution in [1.82, 2.24) is 9.97 Å². The number of hydrogen-bond donors (Lipinski definition) is 2. The summed E-state index contributed by atoms with van der Waals surface area (Å²) >= 11 is 0. The average Bonchev–Trinajstić information content (AvgIpc) is 2.54.